The van der Waals surface area contributed by atoms with Crippen molar-refractivity contribution in [2.75, 3.05) is 0 Å². The molecule has 0 bridgehead atoms. The van der Waals surface area contributed by atoms with Crippen LogP contribution in [-0.2, 0) is 18.6 Å². The number of thiophene rings is 1. The minimum Gasteiger partial charge on any atom is -0.299 e. The predicted molar refractivity (Wildman–Crippen MR) is 111 cm³/mol. The molecule has 1 aliphatic rings. The average molecular weight is 404 g/mol. The number of thioether (sulfide) groups is 1. The zero-order valence-corrected chi connectivity index (χ0v) is 17.4. The number of halogens is 1. The van der Waals surface area contributed by atoms with Gasteiger partial charge in [0.2, 0.25) is 0 Å². The Bertz CT molecular complexity index is 896. The maximum atomic E-state index is 5.98. The second-order valence-electron chi connectivity index (χ2n) is 6.94. The van der Waals surface area contributed by atoms with Crippen LogP contribution in [0.5, 0.6) is 0 Å². The van der Waals surface area contributed by atoms with Gasteiger partial charge in [0.1, 0.15) is 0 Å². The van der Waals surface area contributed by atoms with Crippen LogP contribution in [0.2, 0.25) is 5.02 Å². The molecule has 1 aliphatic carbocycles. The summed E-state index contributed by atoms with van der Waals surface area (Å²) >= 11 is 9.61. The standard InChI is InChI=1S/C20H22ClN3S2/c1-13(2)24-19(17-12-25-18-6-4-3-5-16(17)18)22-23-20(24)26-11-14-7-9-15(21)10-8-14/h7-10,12-13H,3-6,11H2,1-2H3. The van der Waals surface area contributed by atoms with Crippen LogP contribution in [-0.4, -0.2) is 14.8 Å². The van der Waals surface area contributed by atoms with Crippen molar-refractivity contribution in [1.29, 1.82) is 0 Å². The van der Waals surface area contributed by atoms with E-state index in [1.165, 1.54) is 42.4 Å². The number of fused-ring (bicyclic) bond motifs is 1. The molecule has 0 atom stereocenters. The Labute approximate surface area is 167 Å². The first kappa shape index (κ1) is 18.1. The van der Waals surface area contributed by atoms with Crippen LogP contribution in [0.1, 0.15) is 48.7 Å². The molecule has 6 heteroatoms. The highest BCUT2D eigenvalue weighted by atomic mass is 35.5. The molecule has 136 valence electrons. The molecule has 4 rings (SSSR count). The molecule has 0 saturated heterocycles. The van der Waals surface area contributed by atoms with Crippen LogP contribution in [0.15, 0.2) is 34.8 Å². The molecule has 0 aliphatic heterocycles. The molecule has 0 spiro atoms. The van der Waals surface area contributed by atoms with Gasteiger partial charge in [0, 0.05) is 32.6 Å². The van der Waals surface area contributed by atoms with Gasteiger partial charge in [-0.1, -0.05) is 35.5 Å². The van der Waals surface area contributed by atoms with E-state index in [0.29, 0.717) is 6.04 Å². The van der Waals surface area contributed by atoms with Crippen molar-refractivity contribution >= 4 is 34.7 Å². The third kappa shape index (κ3) is 3.57. The third-order valence-corrected chi connectivity index (χ3v) is 7.12. The number of aromatic nitrogens is 3. The number of aryl methyl sites for hydroxylation is 1. The third-order valence-electron chi connectivity index (χ3n) is 4.76. The summed E-state index contributed by atoms with van der Waals surface area (Å²) in [5.41, 5.74) is 4.04. The predicted octanol–water partition coefficient (Wildman–Crippen LogP) is 6.41. The zero-order valence-electron chi connectivity index (χ0n) is 15.0. The Hall–Kier alpha value is -1.30. The maximum absolute atomic E-state index is 5.98. The Kier molecular flexibility index (Phi) is 5.39. The van der Waals surface area contributed by atoms with Crippen molar-refractivity contribution in [2.45, 2.75) is 56.5 Å². The van der Waals surface area contributed by atoms with E-state index in [2.05, 4.69) is 46.1 Å². The van der Waals surface area contributed by atoms with E-state index in [0.717, 1.165) is 21.8 Å². The van der Waals surface area contributed by atoms with E-state index >= 15 is 0 Å². The molecular formula is C20H22ClN3S2. The minimum atomic E-state index is 0.326. The number of hydrogen-bond acceptors (Lipinski definition) is 4. The quantitative estimate of drug-likeness (QED) is 0.461. The minimum absolute atomic E-state index is 0.326. The summed E-state index contributed by atoms with van der Waals surface area (Å²) in [5, 5.41) is 13.2. The first-order valence-electron chi connectivity index (χ1n) is 9.05. The highest BCUT2D eigenvalue weighted by Gasteiger charge is 2.23. The zero-order chi connectivity index (χ0) is 18.1. The number of nitrogens with zero attached hydrogens (tertiary/aromatic N) is 3. The Morgan fingerprint density at radius 2 is 1.92 bits per heavy atom. The van der Waals surface area contributed by atoms with Crippen molar-refractivity contribution in [1.82, 2.24) is 14.8 Å². The number of benzene rings is 1. The van der Waals surface area contributed by atoms with Crippen LogP contribution in [0.4, 0.5) is 0 Å². The fourth-order valence-corrected chi connectivity index (χ4v) is 5.71. The van der Waals surface area contributed by atoms with Gasteiger partial charge in [-0.05, 0) is 62.8 Å². The Morgan fingerprint density at radius 3 is 2.69 bits per heavy atom. The van der Waals surface area contributed by atoms with Gasteiger partial charge in [0.25, 0.3) is 0 Å². The summed E-state index contributed by atoms with van der Waals surface area (Å²) in [6, 6.07) is 8.34. The van der Waals surface area contributed by atoms with E-state index in [-0.39, 0.29) is 0 Å². The van der Waals surface area contributed by atoms with Gasteiger partial charge in [-0.15, -0.1) is 21.5 Å². The molecule has 0 radical (unpaired) electrons. The molecule has 1 aromatic carbocycles. The molecule has 0 N–H and O–H groups in total. The van der Waals surface area contributed by atoms with Crippen molar-refractivity contribution < 1.29 is 0 Å². The van der Waals surface area contributed by atoms with E-state index in [9.17, 15) is 0 Å². The molecule has 2 heterocycles. The van der Waals surface area contributed by atoms with E-state index < -0.39 is 0 Å². The fourth-order valence-electron chi connectivity index (χ4n) is 3.43. The van der Waals surface area contributed by atoms with Crippen LogP contribution >= 0.6 is 34.7 Å². The van der Waals surface area contributed by atoms with E-state index in [4.69, 9.17) is 11.6 Å². The van der Waals surface area contributed by atoms with E-state index in [1.807, 2.05) is 23.5 Å². The van der Waals surface area contributed by atoms with Crippen molar-refractivity contribution in [2.24, 2.45) is 0 Å². The highest BCUT2D eigenvalue weighted by Crippen LogP contribution is 2.38. The fraction of sp³-hybridized carbons (Fsp3) is 0.400. The highest BCUT2D eigenvalue weighted by molar-refractivity contribution is 7.98. The van der Waals surface area contributed by atoms with Crippen LogP contribution in [0.25, 0.3) is 11.4 Å². The molecule has 0 saturated carbocycles. The van der Waals surface area contributed by atoms with Crippen molar-refractivity contribution in [3.8, 4) is 11.4 Å². The lowest BCUT2D eigenvalue weighted by atomic mass is 9.95. The van der Waals surface area contributed by atoms with Gasteiger partial charge in [0.15, 0.2) is 11.0 Å². The van der Waals surface area contributed by atoms with Crippen LogP contribution in [0, 0.1) is 0 Å². The molecule has 0 amide bonds. The Balaban J connectivity index is 1.63. The maximum Gasteiger partial charge on any atom is 0.192 e. The first-order valence-corrected chi connectivity index (χ1v) is 11.3. The van der Waals surface area contributed by atoms with Crippen LogP contribution < -0.4 is 0 Å². The van der Waals surface area contributed by atoms with Gasteiger partial charge in [-0.25, -0.2) is 0 Å². The summed E-state index contributed by atoms with van der Waals surface area (Å²) in [6.45, 7) is 4.41. The molecule has 0 unspecified atom stereocenters. The molecule has 3 aromatic rings. The van der Waals surface area contributed by atoms with Gasteiger partial charge >= 0.3 is 0 Å². The van der Waals surface area contributed by atoms with E-state index in [1.54, 1.807) is 16.6 Å². The van der Waals surface area contributed by atoms with Crippen LogP contribution in [0.3, 0.4) is 0 Å². The van der Waals surface area contributed by atoms with Gasteiger partial charge < -0.3 is 0 Å². The monoisotopic (exact) mass is 403 g/mol. The average Bonchev–Trinajstić information content (AvgIpc) is 3.25. The summed E-state index contributed by atoms with van der Waals surface area (Å²) in [7, 11) is 0. The molecule has 0 fully saturated rings. The van der Waals surface area contributed by atoms with Gasteiger partial charge in [-0.2, -0.15) is 0 Å². The largest absolute Gasteiger partial charge is 0.299 e. The summed E-state index contributed by atoms with van der Waals surface area (Å²) in [5.74, 6) is 1.89. The number of rotatable bonds is 5. The Morgan fingerprint density at radius 1 is 1.15 bits per heavy atom. The number of hydrogen-bond donors (Lipinski definition) is 0. The lowest BCUT2D eigenvalue weighted by Crippen LogP contribution is -2.07. The second kappa shape index (κ2) is 7.75. The van der Waals surface area contributed by atoms with Gasteiger partial charge in [-0.3, -0.25) is 4.57 Å². The smallest absolute Gasteiger partial charge is 0.192 e. The molecule has 3 nitrogen and oxygen atoms in total. The second-order valence-corrected chi connectivity index (χ2v) is 9.29. The van der Waals surface area contributed by atoms with Crippen molar-refractivity contribution in [3.05, 3.63) is 50.7 Å². The summed E-state index contributed by atoms with van der Waals surface area (Å²) < 4.78 is 2.29. The molecule has 26 heavy (non-hydrogen) atoms. The summed E-state index contributed by atoms with van der Waals surface area (Å²) in [6.07, 6.45) is 4.98. The summed E-state index contributed by atoms with van der Waals surface area (Å²) in [4.78, 5) is 1.54. The lowest BCUT2D eigenvalue weighted by Gasteiger charge is -2.16. The topological polar surface area (TPSA) is 30.7 Å². The first-order chi connectivity index (χ1) is 12.6. The molecular weight excluding hydrogens is 382 g/mol. The van der Waals surface area contributed by atoms with Crippen molar-refractivity contribution in [3.63, 3.8) is 0 Å². The molecule has 2 aromatic heterocycles. The SMILES string of the molecule is CC(C)n1c(SCc2ccc(Cl)cc2)nnc1-c1csc2c1CCCC2. The van der Waals surface area contributed by atoms with Gasteiger partial charge in [0.05, 0.1) is 0 Å². The normalized spacial score (nSPS) is 14.0. The lowest BCUT2D eigenvalue weighted by molar-refractivity contribution is 0.554.